The zero-order valence-corrected chi connectivity index (χ0v) is 23.8. The molecule has 0 unspecified atom stereocenters. The van der Waals surface area contributed by atoms with E-state index in [9.17, 15) is 28.8 Å². The van der Waals surface area contributed by atoms with E-state index >= 15 is 0 Å². The van der Waals surface area contributed by atoms with E-state index < -0.39 is 59.2 Å². The number of hydrogen-bond acceptors (Lipinski definition) is 15. The molecule has 2 aromatic rings. The van der Waals surface area contributed by atoms with Gasteiger partial charge in [0, 0.05) is 34.6 Å². The van der Waals surface area contributed by atoms with Gasteiger partial charge in [-0.1, -0.05) is 11.3 Å². The summed E-state index contributed by atoms with van der Waals surface area (Å²) in [5, 5.41) is 2.45. The smallest absolute Gasteiger partial charge is 0.311 e. The second-order valence-corrected chi connectivity index (χ2v) is 9.80. The molecule has 3 heterocycles. The highest BCUT2D eigenvalue weighted by molar-refractivity contribution is 7.16. The SMILES string of the molecule is CC(=O)Nc1nc(OCCCCOC(C)=O)c2sc(=O)n([C@@H]3O[C@H](COC(C)=O)[C@@H](OC(C)=O)[C@H]3OC(C)=O)c2n1. The van der Waals surface area contributed by atoms with Crippen molar-refractivity contribution in [1.29, 1.82) is 0 Å². The Morgan fingerprint density at radius 1 is 0.878 bits per heavy atom. The van der Waals surface area contributed by atoms with E-state index in [0.29, 0.717) is 24.2 Å². The average molecular weight is 599 g/mol. The molecular weight excluding hydrogens is 568 g/mol. The third-order valence-electron chi connectivity index (χ3n) is 5.40. The maximum absolute atomic E-state index is 13.3. The number of esters is 4. The number of anilines is 1. The lowest BCUT2D eigenvalue weighted by Gasteiger charge is -2.23. The number of ether oxygens (including phenoxy) is 6. The van der Waals surface area contributed by atoms with Gasteiger partial charge in [-0.05, 0) is 12.8 Å². The van der Waals surface area contributed by atoms with E-state index in [4.69, 9.17) is 28.4 Å². The van der Waals surface area contributed by atoms with Crippen LogP contribution in [0.25, 0.3) is 10.3 Å². The Hall–Kier alpha value is -4.12. The zero-order valence-electron chi connectivity index (χ0n) is 23.0. The molecule has 41 heavy (non-hydrogen) atoms. The first-order valence-electron chi connectivity index (χ1n) is 12.5. The topological polar surface area (TPSA) is 201 Å². The van der Waals surface area contributed by atoms with Crippen LogP contribution in [0.15, 0.2) is 4.79 Å². The van der Waals surface area contributed by atoms with Crippen LogP contribution in [0.3, 0.4) is 0 Å². The van der Waals surface area contributed by atoms with Gasteiger partial charge in [-0.15, -0.1) is 0 Å². The second-order valence-electron chi connectivity index (χ2n) is 8.84. The molecule has 1 fully saturated rings. The van der Waals surface area contributed by atoms with Crippen LogP contribution in [0.5, 0.6) is 5.88 Å². The van der Waals surface area contributed by atoms with Gasteiger partial charge in [-0.25, -0.2) is 0 Å². The third-order valence-corrected chi connectivity index (χ3v) is 6.33. The van der Waals surface area contributed by atoms with Crippen LogP contribution in [0.1, 0.15) is 53.7 Å². The number of nitrogens with zero attached hydrogens (tertiary/aromatic N) is 3. The fraction of sp³-hybridized carbons (Fsp3) is 0.583. The Morgan fingerprint density at radius 3 is 2.12 bits per heavy atom. The molecule has 16 nitrogen and oxygen atoms in total. The Kier molecular flexibility index (Phi) is 10.7. The molecule has 2 aromatic heterocycles. The van der Waals surface area contributed by atoms with Gasteiger partial charge in [0.25, 0.3) is 0 Å². The van der Waals surface area contributed by atoms with Crippen LogP contribution in [0.4, 0.5) is 5.95 Å². The fourth-order valence-corrected chi connectivity index (χ4v) is 4.81. The van der Waals surface area contributed by atoms with Crippen molar-refractivity contribution in [3.8, 4) is 5.88 Å². The Labute approximate surface area is 237 Å². The van der Waals surface area contributed by atoms with E-state index in [1.165, 1.54) is 20.8 Å². The number of nitrogens with one attached hydrogen (secondary N) is 1. The van der Waals surface area contributed by atoms with Crippen molar-refractivity contribution in [1.82, 2.24) is 14.5 Å². The van der Waals surface area contributed by atoms with Gasteiger partial charge in [-0.3, -0.25) is 38.7 Å². The molecule has 1 aliphatic heterocycles. The second kappa shape index (κ2) is 14.0. The van der Waals surface area contributed by atoms with E-state index in [1.807, 2.05) is 0 Å². The number of hydrogen-bond donors (Lipinski definition) is 1. The highest BCUT2D eigenvalue weighted by atomic mass is 32.1. The summed E-state index contributed by atoms with van der Waals surface area (Å²) in [5.74, 6) is -3.21. The molecule has 0 aliphatic carbocycles. The quantitative estimate of drug-likeness (QED) is 0.205. The molecule has 0 aromatic carbocycles. The summed E-state index contributed by atoms with van der Waals surface area (Å²) in [6.45, 7) is 5.94. The summed E-state index contributed by atoms with van der Waals surface area (Å²) in [5.41, 5.74) is -0.0227. The van der Waals surface area contributed by atoms with Crippen LogP contribution < -0.4 is 14.9 Å². The number of carbonyl (C=O) groups is 5. The summed E-state index contributed by atoms with van der Waals surface area (Å²) in [6, 6.07) is 0. The standard InChI is InChI=1S/C24H30N4O12S/c1-11(29)25-23-26-20-19(21(27-23)36-9-7-6-8-35-12(2)30)41-24(34)28(20)22-18(39-15(5)33)17(38-14(4)32)16(40-22)10-37-13(3)31/h16-18,22H,6-10H2,1-5H3,(H,25,26,27,29)/t16-,17-,18-,22-/m1/s1. The van der Waals surface area contributed by atoms with Crippen molar-refractivity contribution >= 4 is 57.4 Å². The van der Waals surface area contributed by atoms with Crippen LogP contribution in [-0.4, -0.2) is 82.5 Å². The molecule has 1 N–H and O–H groups in total. The van der Waals surface area contributed by atoms with Crippen LogP contribution in [0.2, 0.25) is 0 Å². The van der Waals surface area contributed by atoms with E-state index in [-0.39, 0.29) is 42.0 Å². The molecule has 3 rings (SSSR count). The van der Waals surface area contributed by atoms with Crippen molar-refractivity contribution < 1.29 is 52.4 Å². The molecule has 17 heteroatoms. The summed E-state index contributed by atoms with van der Waals surface area (Å²) >= 11 is 0.709. The minimum atomic E-state index is -1.37. The highest BCUT2D eigenvalue weighted by Crippen LogP contribution is 2.37. The van der Waals surface area contributed by atoms with Crippen molar-refractivity contribution in [2.75, 3.05) is 25.1 Å². The van der Waals surface area contributed by atoms with Crippen molar-refractivity contribution in [3.05, 3.63) is 9.67 Å². The predicted molar refractivity (Wildman–Crippen MR) is 139 cm³/mol. The zero-order chi connectivity index (χ0) is 30.3. The van der Waals surface area contributed by atoms with Crippen LogP contribution in [-0.2, 0) is 47.7 Å². The van der Waals surface area contributed by atoms with Crippen molar-refractivity contribution in [2.24, 2.45) is 0 Å². The third kappa shape index (κ3) is 8.43. The van der Waals surface area contributed by atoms with Gasteiger partial charge in [0.1, 0.15) is 17.4 Å². The molecular formula is C24H30N4O12S. The van der Waals surface area contributed by atoms with Crippen LogP contribution >= 0.6 is 11.3 Å². The maximum Gasteiger partial charge on any atom is 0.311 e. The number of aromatic nitrogens is 3. The van der Waals surface area contributed by atoms with Gasteiger partial charge < -0.3 is 28.4 Å². The first-order chi connectivity index (χ1) is 19.4. The molecule has 4 atom stereocenters. The first kappa shape index (κ1) is 31.4. The summed E-state index contributed by atoms with van der Waals surface area (Å²) < 4.78 is 33.8. The number of amides is 1. The molecule has 0 radical (unpaired) electrons. The average Bonchev–Trinajstić information content (AvgIpc) is 3.34. The Bertz CT molecular complexity index is 1370. The van der Waals surface area contributed by atoms with Gasteiger partial charge in [0.05, 0.1) is 13.2 Å². The minimum absolute atomic E-state index is 0.0119. The van der Waals surface area contributed by atoms with Gasteiger partial charge in [0.2, 0.25) is 17.7 Å². The van der Waals surface area contributed by atoms with Gasteiger partial charge in [-0.2, -0.15) is 9.97 Å². The van der Waals surface area contributed by atoms with E-state index in [2.05, 4.69) is 15.3 Å². The lowest BCUT2D eigenvalue weighted by molar-refractivity contribution is -0.166. The molecule has 0 saturated carbocycles. The van der Waals surface area contributed by atoms with Gasteiger partial charge >= 0.3 is 28.8 Å². The number of rotatable bonds is 12. The molecule has 0 spiro atoms. The lowest BCUT2D eigenvalue weighted by Crippen LogP contribution is -2.41. The Morgan fingerprint density at radius 2 is 1.51 bits per heavy atom. The summed E-state index contributed by atoms with van der Waals surface area (Å²) in [7, 11) is 0. The number of carbonyl (C=O) groups excluding carboxylic acids is 5. The number of fused-ring (bicyclic) bond motifs is 1. The number of thiazole rings is 1. The lowest BCUT2D eigenvalue weighted by atomic mass is 10.1. The van der Waals surface area contributed by atoms with Crippen molar-refractivity contribution in [2.45, 2.75) is 72.0 Å². The molecule has 1 amide bonds. The first-order valence-corrected chi connectivity index (χ1v) is 13.3. The Balaban J connectivity index is 2.04. The van der Waals surface area contributed by atoms with Crippen molar-refractivity contribution in [3.63, 3.8) is 0 Å². The van der Waals surface area contributed by atoms with E-state index in [0.717, 1.165) is 18.4 Å². The molecule has 1 saturated heterocycles. The summed E-state index contributed by atoms with van der Waals surface area (Å²) in [6.07, 6.45) is -4.08. The monoisotopic (exact) mass is 598 g/mol. The fourth-order valence-electron chi connectivity index (χ4n) is 3.92. The maximum atomic E-state index is 13.3. The molecule has 0 bridgehead atoms. The largest absolute Gasteiger partial charge is 0.476 e. The highest BCUT2D eigenvalue weighted by Gasteiger charge is 2.51. The van der Waals surface area contributed by atoms with E-state index in [1.54, 1.807) is 0 Å². The molecule has 1 aliphatic rings. The number of unbranched alkanes of at least 4 members (excludes halogenated alkanes) is 1. The minimum Gasteiger partial charge on any atom is -0.476 e. The summed E-state index contributed by atoms with van der Waals surface area (Å²) in [4.78, 5) is 79.3. The van der Waals surface area contributed by atoms with Gasteiger partial charge in [0.15, 0.2) is 24.1 Å². The normalized spacial score (nSPS) is 19.8. The van der Waals surface area contributed by atoms with Crippen LogP contribution in [0, 0.1) is 0 Å². The molecule has 224 valence electrons. The predicted octanol–water partition coefficient (Wildman–Crippen LogP) is 0.857.